The maximum atomic E-state index is 13.6. The van der Waals surface area contributed by atoms with Gasteiger partial charge in [-0.1, -0.05) is 48.5 Å². The third-order valence-electron chi connectivity index (χ3n) is 7.03. The summed E-state index contributed by atoms with van der Waals surface area (Å²) in [6.07, 6.45) is -0.370. The number of hydrogen-bond donors (Lipinski definition) is 1. The van der Waals surface area contributed by atoms with Gasteiger partial charge in [0.1, 0.15) is 6.61 Å². The van der Waals surface area contributed by atoms with Crippen LogP contribution < -0.4 is 10.1 Å². The van der Waals surface area contributed by atoms with Gasteiger partial charge in [-0.15, -0.1) is 0 Å². The van der Waals surface area contributed by atoms with Crippen LogP contribution in [0, 0.1) is 29.1 Å². The Morgan fingerprint density at radius 3 is 1.64 bits per heavy atom. The Hall–Kier alpha value is -4.11. The monoisotopic (exact) mass is 667 g/mol. The first-order chi connectivity index (χ1) is 22.8. The number of ether oxygens (including phenoxy) is 6. The van der Waals surface area contributed by atoms with Crippen LogP contribution in [0.3, 0.4) is 0 Å². The van der Waals surface area contributed by atoms with Gasteiger partial charge in [0.25, 0.3) is 0 Å². The number of alkyl carbamates (subject to hydrolysis) is 1. The summed E-state index contributed by atoms with van der Waals surface area (Å²) < 4.78 is 97.5. The van der Waals surface area contributed by atoms with E-state index in [9.17, 15) is 31.5 Å². The molecule has 3 aromatic carbocycles. The Balaban J connectivity index is 0.932. The third-order valence-corrected chi connectivity index (χ3v) is 7.03. The van der Waals surface area contributed by atoms with Crippen molar-refractivity contribution in [3.63, 3.8) is 0 Å². The number of esters is 1. The quantitative estimate of drug-likeness (QED) is 0.0436. The Bertz CT molecular complexity index is 1430. The zero-order chi connectivity index (χ0) is 33.6. The van der Waals surface area contributed by atoms with Crippen molar-refractivity contribution < 1.29 is 60.0 Å². The minimum Gasteiger partial charge on any atom is -0.449 e. The lowest BCUT2D eigenvalue weighted by molar-refractivity contribution is -0.136. The minimum atomic E-state index is -2.35. The molecule has 0 aliphatic heterocycles. The van der Waals surface area contributed by atoms with E-state index in [-0.39, 0.29) is 39.0 Å². The zero-order valence-corrected chi connectivity index (χ0v) is 25.3. The normalized spacial score (nSPS) is 12.1. The SMILES string of the molecule is O=C(CCOCCOCCOCCOCCCNC(=O)OCC1c2ccccc2-c2ccccc21)Oc1c(F)c(F)c(F)c(F)c1F. The van der Waals surface area contributed by atoms with E-state index in [0.29, 0.717) is 39.4 Å². The van der Waals surface area contributed by atoms with Gasteiger partial charge in [-0.2, -0.15) is 8.78 Å². The molecule has 254 valence electrons. The Labute approximate surface area is 267 Å². The van der Waals surface area contributed by atoms with E-state index in [1.54, 1.807) is 0 Å². The molecule has 0 aromatic heterocycles. The molecule has 0 spiro atoms. The Morgan fingerprint density at radius 2 is 1.09 bits per heavy atom. The van der Waals surface area contributed by atoms with E-state index in [2.05, 4.69) is 34.3 Å². The van der Waals surface area contributed by atoms with Crippen LogP contribution in [0.4, 0.5) is 26.7 Å². The molecule has 0 saturated carbocycles. The topological polar surface area (TPSA) is 102 Å². The molecular formula is C33H34F5NO8. The van der Waals surface area contributed by atoms with Crippen LogP contribution in [0.2, 0.25) is 0 Å². The molecule has 1 N–H and O–H groups in total. The van der Waals surface area contributed by atoms with E-state index in [0.717, 1.165) is 11.1 Å². The first-order valence-corrected chi connectivity index (χ1v) is 14.9. The van der Waals surface area contributed by atoms with E-state index in [4.69, 9.17) is 23.7 Å². The van der Waals surface area contributed by atoms with Crippen LogP contribution in [0.25, 0.3) is 11.1 Å². The molecule has 0 heterocycles. The lowest BCUT2D eigenvalue weighted by atomic mass is 9.98. The van der Waals surface area contributed by atoms with Gasteiger partial charge in [0.2, 0.25) is 34.8 Å². The Morgan fingerprint density at radius 1 is 0.617 bits per heavy atom. The van der Waals surface area contributed by atoms with Crippen molar-refractivity contribution in [2.75, 3.05) is 66.0 Å². The maximum Gasteiger partial charge on any atom is 0.407 e. The molecule has 1 aliphatic carbocycles. The molecule has 9 nitrogen and oxygen atoms in total. The highest BCUT2D eigenvalue weighted by atomic mass is 19.2. The smallest absolute Gasteiger partial charge is 0.407 e. The predicted octanol–water partition coefficient (Wildman–Crippen LogP) is 5.67. The second kappa shape index (κ2) is 18.3. The minimum absolute atomic E-state index is 0.00165. The second-order valence-corrected chi connectivity index (χ2v) is 10.2. The highest BCUT2D eigenvalue weighted by Crippen LogP contribution is 2.44. The maximum absolute atomic E-state index is 13.6. The number of hydrogen-bond acceptors (Lipinski definition) is 8. The number of rotatable bonds is 19. The molecular weight excluding hydrogens is 633 g/mol. The van der Waals surface area contributed by atoms with E-state index < -0.39 is 53.3 Å². The van der Waals surface area contributed by atoms with Crippen molar-refractivity contribution in [1.29, 1.82) is 0 Å². The fourth-order valence-corrected chi connectivity index (χ4v) is 4.77. The van der Waals surface area contributed by atoms with Crippen LogP contribution >= 0.6 is 0 Å². The summed E-state index contributed by atoms with van der Waals surface area (Å²) in [4.78, 5) is 23.9. The summed E-state index contributed by atoms with van der Waals surface area (Å²) in [6.45, 7) is 2.33. The first kappa shape index (κ1) is 35.7. The van der Waals surface area contributed by atoms with Gasteiger partial charge in [-0.25, -0.2) is 18.0 Å². The van der Waals surface area contributed by atoms with Crippen LogP contribution in [-0.2, 0) is 28.5 Å². The van der Waals surface area contributed by atoms with Crippen molar-refractivity contribution in [3.8, 4) is 16.9 Å². The molecule has 3 aromatic rings. The standard InChI is InChI=1S/C33H34F5NO8/c34-27-28(35)30(37)32(31(38)29(27)36)47-26(40)10-13-43-15-17-45-19-18-44-16-14-42-12-5-11-39-33(41)46-20-25-23-8-3-1-6-21(23)22-7-2-4-9-24(22)25/h1-4,6-9,25H,5,10-20H2,(H,39,41). The van der Waals surface area contributed by atoms with Crippen molar-refractivity contribution in [2.24, 2.45) is 0 Å². The number of halogens is 5. The highest BCUT2D eigenvalue weighted by Gasteiger charge is 2.30. The molecule has 0 atom stereocenters. The number of carbonyl (C=O) groups excluding carboxylic acids is 2. The average Bonchev–Trinajstić information content (AvgIpc) is 3.40. The van der Waals surface area contributed by atoms with Crippen LogP contribution in [-0.4, -0.2) is 78.1 Å². The Kier molecular flexibility index (Phi) is 13.9. The van der Waals surface area contributed by atoms with E-state index in [1.807, 2.05) is 24.3 Å². The molecule has 0 bridgehead atoms. The van der Waals surface area contributed by atoms with Crippen molar-refractivity contribution in [2.45, 2.75) is 18.8 Å². The van der Waals surface area contributed by atoms with Crippen molar-refractivity contribution >= 4 is 12.1 Å². The van der Waals surface area contributed by atoms with Gasteiger partial charge in [0.15, 0.2) is 0 Å². The van der Waals surface area contributed by atoms with Crippen LogP contribution in [0.5, 0.6) is 5.75 Å². The predicted molar refractivity (Wildman–Crippen MR) is 157 cm³/mol. The van der Waals surface area contributed by atoms with Gasteiger partial charge >= 0.3 is 12.1 Å². The number of fused-ring (bicyclic) bond motifs is 3. The lowest BCUT2D eigenvalue weighted by Gasteiger charge is -2.14. The number of carbonyl (C=O) groups is 2. The highest BCUT2D eigenvalue weighted by molar-refractivity contribution is 5.79. The molecule has 0 saturated heterocycles. The number of amides is 1. The fourth-order valence-electron chi connectivity index (χ4n) is 4.77. The third kappa shape index (κ3) is 9.94. The summed E-state index contributed by atoms with van der Waals surface area (Å²) in [5, 5.41) is 2.74. The largest absolute Gasteiger partial charge is 0.449 e. The second-order valence-electron chi connectivity index (χ2n) is 10.2. The van der Waals surface area contributed by atoms with E-state index >= 15 is 0 Å². The van der Waals surface area contributed by atoms with Gasteiger partial charge < -0.3 is 33.7 Å². The molecule has 0 unspecified atom stereocenters. The molecule has 1 aliphatic rings. The molecule has 14 heteroatoms. The van der Waals surface area contributed by atoms with Gasteiger partial charge in [0.05, 0.1) is 52.7 Å². The zero-order valence-electron chi connectivity index (χ0n) is 25.3. The summed E-state index contributed by atoms with van der Waals surface area (Å²) in [5.41, 5.74) is 4.64. The summed E-state index contributed by atoms with van der Waals surface area (Å²) >= 11 is 0. The number of nitrogens with one attached hydrogen (secondary N) is 1. The van der Waals surface area contributed by atoms with E-state index in [1.165, 1.54) is 11.1 Å². The molecule has 1 amide bonds. The van der Waals surface area contributed by atoms with Gasteiger partial charge in [-0.3, -0.25) is 4.79 Å². The average molecular weight is 668 g/mol. The summed E-state index contributed by atoms with van der Waals surface area (Å²) in [6, 6.07) is 16.3. The lowest BCUT2D eigenvalue weighted by Crippen LogP contribution is -2.27. The van der Waals surface area contributed by atoms with Gasteiger partial charge in [0, 0.05) is 19.1 Å². The number of benzene rings is 3. The first-order valence-electron chi connectivity index (χ1n) is 14.9. The van der Waals surface area contributed by atoms with Crippen molar-refractivity contribution in [1.82, 2.24) is 5.32 Å². The molecule has 47 heavy (non-hydrogen) atoms. The van der Waals surface area contributed by atoms with Gasteiger partial charge in [-0.05, 0) is 28.7 Å². The summed E-state index contributed by atoms with van der Waals surface area (Å²) in [5.74, 6) is -14.2. The van der Waals surface area contributed by atoms with Crippen LogP contribution in [0.15, 0.2) is 48.5 Å². The fraction of sp³-hybridized carbons (Fsp3) is 0.394. The van der Waals surface area contributed by atoms with Crippen molar-refractivity contribution in [3.05, 3.63) is 88.7 Å². The molecule has 0 radical (unpaired) electrons. The molecule has 0 fully saturated rings. The molecule has 4 rings (SSSR count). The summed E-state index contributed by atoms with van der Waals surface area (Å²) in [7, 11) is 0. The van der Waals surface area contributed by atoms with Crippen LogP contribution in [0.1, 0.15) is 29.9 Å².